The van der Waals surface area contributed by atoms with Crippen LogP contribution in [0.25, 0.3) is 0 Å². The molecule has 2 heterocycles. The van der Waals surface area contributed by atoms with Crippen molar-refractivity contribution in [1.29, 1.82) is 0 Å². The molecular formula is C24H29FN2O2. The summed E-state index contributed by atoms with van der Waals surface area (Å²) in [6.07, 6.45) is 4.72. The van der Waals surface area contributed by atoms with Gasteiger partial charge in [0.2, 0.25) is 5.91 Å². The Balaban J connectivity index is 1.40. The predicted molar refractivity (Wildman–Crippen MR) is 113 cm³/mol. The van der Waals surface area contributed by atoms with E-state index >= 15 is 0 Å². The van der Waals surface area contributed by atoms with Gasteiger partial charge in [-0.3, -0.25) is 14.6 Å². The normalized spacial score (nSPS) is 22.0. The predicted octanol–water partition coefficient (Wildman–Crippen LogP) is 5.08. The first kappa shape index (κ1) is 19.9. The molecule has 1 amide bonds. The Morgan fingerprint density at radius 1 is 1.03 bits per heavy atom. The molecule has 1 saturated heterocycles. The molecule has 29 heavy (non-hydrogen) atoms. The molecule has 0 saturated carbocycles. The number of carbonyl (C=O) groups excluding carboxylic acids is 1. The summed E-state index contributed by atoms with van der Waals surface area (Å²) in [6.45, 7) is 6.37. The second-order valence-corrected chi connectivity index (χ2v) is 8.21. The summed E-state index contributed by atoms with van der Waals surface area (Å²) in [4.78, 5) is 16.8. The van der Waals surface area contributed by atoms with Crippen LogP contribution < -0.4 is 9.64 Å². The number of anilines is 2. The second-order valence-electron chi connectivity index (χ2n) is 8.21. The van der Waals surface area contributed by atoms with Crippen LogP contribution in [-0.2, 0) is 11.2 Å². The minimum atomic E-state index is -0.306. The van der Waals surface area contributed by atoms with Crippen molar-refractivity contribution in [3.63, 3.8) is 0 Å². The van der Waals surface area contributed by atoms with Gasteiger partial charge in [-0.05, 0) is 87.6 Å². The number of ether oxygens (including phenoxy) is 1. The van der Waals surface area contributed by atoms with Crippen molar-refractivity contribution in [1.82, 2.24) is 4.90 Å². The number of hydrogen-bond acceptors (Lipinski definition) is 3. The molecule has 0 unspecified atom stereocenters. The highest BCUT2D eigenvalue weighted by molar-refractivity contribution is 6.03. The van der Waals surface area contributed by atoms with Crippen LogP contribution in [0, 0.1) is 5.82 Å². The maximum atomic E-state index is 13.3. The largest absolute Gasteiger partial charge is 0.494 e. The number of fused-ring (bicyclic) bond motifs is 1. The standard InChI is InChI=1S/C24H29FN2O2/c1-17-4-5-18(2)26(17)14-3-15-29-22-11-12-23-19(16-22)6-13-24(28)27(23)21-9-7-20(25)8-10-21/h7-12,16-18H,3-6,13-15H2,1-2H3/t17-,18-/m1/s1. The van der Waals surface area contributed by atoms with E-state index in [1.165, 1.54) is 25.0 Å². The Hall–Kier alpha value is -2.40. The first-order chi connectivity index (χ1) is 14.0. The third-order valence-electron chi connectivity index (χ3n) is 6.20. The van der Waals surface area contributed by atoms with Gasteiger partial charge in [0.05, 0.1) is 12.3 Å². The van der Waals surface area contributed by atoms with E-state index in [-0.39, 0.29) is 11.7 Å². The molecule has 1 fully saturated rings. The summed E-state index contributed by atoms with van der Waals surface area (Å²) in [6, 6.07) is 13.3. The van der Waals surface area contributed by atoms with Crippen LogP contribution in [0.1, 0.15) is 45.1 Å². The average molecular weight is 397 g/mol. The van der Waals surface area contributed by atoms with Crippen LogP contribution in [0.15, 0.2) is 42.5 Å². The Morgan fingerprint density at radius 2 is 1.76 bits per heavy atom. The number of rotatable bonds is 6. The minimum Gasteiger partial charge on any atom is -0.494 e. The third-order valence-corrected chi connectivity index (χ3v) is 6.20. The van der Waals surface area contributed by atoms with Crippen LogP contribution in [0.2, 0.25) is 0 Å². The van der Waals surface area contributed by atoms with Gasteiger partial charge in [-0.1, -0.05) is 0 Å². The van der Waals surface area contributed by atoms with Gasteiger partial charge in [0.1, 0.15) is 11.6 Å². The molecule has 0 spiro atoms. The number of hydrogen-bond donors (Lipinski definition) is 0. The molecule has 4 nitrogen and oxygen atoms in total. The maximum absolute atomic E-state index is 13.3. The number of benzene rings is 2. The Morgan fingerprint density at radius 3 is 2.48 bits per heavy atom. The van der Waals surface area contributed by atoms with Crippen molar-refractivity contribution >= 4 is 17.3 Å². The lowest BCUT2D eigenvalue weighted by atomic mass is 10.00. The Bertz CT molecular complexity index is 858. The van der Waals surface area contributed by atoms with Gasteiger partial charge >= 0.3 is 0 Å². The topological polar surface area (TPSA) is 32.8 Å². The zero-order chi connectivity index (χ0) is 20.4. The average Bonchev–Trinajstić information content (AvgIpc) is 3.04. The van der Waals surface area contributed by atoms with Crippen molar-refractivity contribution in [2.75, 3.05) is 18.1 Å². The molecule has 2 aliphatic rings. The van der Waals surface area contributed by atoms with Gasteiger partial charge in [0, 0.05) is 30.7 Å². The van der Waals surface area contributed by atoms with E-state index in [1.54, 1.807) is 17.0 Å². The first-order valence-corrected chi connectivity index (χ1v) is 10.6. The van der Waals surface area contributed by atoms with Crippen LogP contribution >= 0.6 is 0 Å². The zero-order valence-corrected chi connectivity index (χ0v) is 17.2. The molecule has 0 N–H and O–H groups in total. The molecule has 4 rings (SSSR count). The summed E-state index contributed by atoms with van der Waals surface area (Å²) in [7, 11) is 0. The molecule has 0 aliphatic carbocycles. The van der Waals surface area contributed by atoms with Gasteiger partial charge < -0.3 is 4.74 Å². The molecule has 2 aromatic rings. The van der Waals surface area contributed by atoms with Gasteiger partial charge in [0.15, 0.2) is 0 Å². The summed E-state index contributed by atoms with van der Waals surface area (Å²) in [5, 5.41) is 0. The van der Waals surface area contributed by atoms with E-state index in [1.807, 2.05) is 18.2 Å². The van der Waals surface area contributed by atoms with Crippen LogP contribution in [0.5, 0.6) is 5.75 Å². The fraction of sp³-hybridized carbons (Fsp3) is 0.458. The first-order valence-electron chi connectivity index (χ1n) is 10.6. The summed E-state index contributed by atoms with van der Waals surface area (Å²) in [5.41, 5.74) is 2.65. The number of nitrogens with zero attached hydrogens (tertiary/aromatic N) is 2. The minimum absolute atomic E-state index is 0.0339. The summed E-state index contributed by atoms with van der Waals surface area (Å²) in [5.74, 6) is 0.575. The van der Waals surface area contributed by atoms with Crippen LogP contribution in [0.4, 0.5) is 15.8 Å². The molecular weight excluding hydrogens is 367 g/mol. The van der Waals surface area contributed by atoms with Gasteiger partial charge in [0.25, 0.3) is 0 Å². The van der Waals surface area contributed by atoms with Crippen LogP contribution in [0.3, 0.4) is 0 Å². The molecule has 0 bridgehead atoms. The van der Waals surface area contributed by atoms with Crippen molar-refractivity contribution < 1.29 is 13.9 Å². The quantitative estimate of drug-likeness (QED) is 0.639. The smallest absolute Gasteiger partial charge is 0.231 e. The maximum Gasteiger partial charge on any atom is 0.231 e. The van der Waals surface area contributed by atoms with Crippen LogP contribution in [-0.4, -0.2) is 36.0 Å². The zero-order valence-electron chi connectivity index (χ0n) is 17.2. The van der Waals surface area contributed by atoms with Gasteiger partial charge in [-0.2, -0.15) is 0 Å². The molecule has 2 aliphatic heterocycles. The molecule has 0 radical (unpaired) electrons. The number of carbonyl (C=O) groups is 1. The van der Waals surface area contributed by atoms with E-state index in [2.05, 4.69) is 18.7 Å². The molecule has 154 valence electrons. The number of likely N-dealkylation sites (tertiary alicyclic amines) is 1. The number of aryl methyl sites for hydroxylation is 1. The van der Waals surface area contributed by atoms with Crippen molar-refractivity contribution in [3.8, 4) is 5.75 Å². The molecule has 0 aromatic heterocycles. The Kier molecular flexibility index (Phi) is 5.86. The van der Waals surface area contributed by atoms with Crippen molar-refractivity contribution in [3.05, 3.63) is 53.8 Å². The van der Waals surface area contributed by atoms with E-state index in [4.69, 9.17) is 4.74 Å². The van der Waals surface area contributed by atoms with Crippen molar-refractivity contribution in [2.45, 2.75) is 58.0 Å². The second kappa shape index (κ2) is 8.54. The lowest BCUT2D eigenvalue weighted by Gasteiger charge is -2.30. The third kappa shape index (κ3) is 4.30. The molecule has 5 heteroatoms. The molecule has 2 aromatic carbocycles. The fourth-order valence-corrected chi connectivity index (χ4v) is 4.56. The summed E-state index contributed by atoms with van der Waals surface area (Å²) >= 11 is 0. The highest BCUT2D eigenvalue weighted by Gasteiger charge is 2.27. The van der Waals surface area contributed by atoms with E-state index in [0.29, 0.717) is 37.2 Å². The Labute approximate surface area is 172 Å². The lowest BCUT2D eigenvalue weighted by Crippen LogP contribution is -2.34. The number of amides is 1. The number of halogens is 1. The van der Waals surface area contributed by atoms with Crippen molar-refractivity contribution in [2.24, 2.45) is 0 Å². The lowest BCUT2D eigenvalue weighted by molar-refractivity contribution is -0.118. The van der Waals surface area contributed by atoms with Gasteiger partial charge in [-0.25, -0.2) is 4.39 Å². The molecule has 2 atom stereocenters. The highest BCUT2D eigenvalue weighted by atomic mass is 19.1. The van der Waals surface area contributed by atoms with E-state index in [9.17, 15) is 9.18 Å². The van der Waals surface area contributed by atoms with Gasteiger partial charge in [-0.15, -0.1) is 0 Å². The monoisotopic (exact) mass is 396 g/mol. The highest BCUT2D eigenvalue weighted by Crippen LogP contribution is 2.36. The van der Waals surface area contributed by atoms with E-state index in [0.717, 1.165) is 30.0 Å². The fourth-order valence-electron chi connectivity index (χ4n) is 4.56. The SMILES string of the molecule is C[C@@H]1CC[C@@H](C)N1CCCOc1ccc2c(c1)CCC(=O)N2c1ccc(F)cc1. The van der Waals surface area contributed by atoms with E-state index < -0.39 is 0 Å². The summed E-state index contributed by atoms with van der Waals surface area (Å²) < 4.78 is 19.3.